The minimum absolute atomic E-state index is 0.878. The fourth-order valence-electron chi connectivity index (χ4n) is 2.82. The highest BCUT2D eigenvalue weighted by molar-refractivity contribution is 5.48. The molecule has 0 aromatic heterocycles. The monoisotopic (exact) mass is 282 g/mol. The number of hydrogen-bond acceptors (Lipinski definition) is 2. The van der Waals surface area contributed by atoms with Crippen molar-refractivity contribution in [1.82, 2.24) is 4.90 Å². The van der Waals surface area contributed by atoms with Crippen LogP contribution in [0.1, 0.15) is 27.8 Å². The van der Waals surface area contributed by atoms with Crippen LogP contribution in [0.3, 0.4) is 0 Å². The van der Waals surface area contributed by atoms with E-state index in [1.54, 1.807) is 0 Å². The van der Waals surface area contributed by atoms with Gasteiger partial charge in [-0.2, -0.15) is 0 Å². The Morgan fingerprint density at radius 3 is 2.24 bits per heavy atom. The highest BCUT2D eigenvalue weighted by Gasteiger charge is 2.04. The van der Waals surface area contributed by atoms with Crippen molar-refractivity contribution >= 4 is 5.69 Å². The first kappa shape index (κ1) is 15.6. The Morgan fingerprint density at radius 1 is 0.952 bits per heavy atom. The van der Waals surface area contributed by atoms with Gasteiger partial charge in [0, 0.05) is 18.8 Å². The van der Waals surface area contributed by atoms with E-state index in [2.05, 4.69) is 81.5 Å². The van der Waals surface area contributed by atoms with Crippen LogP contribution in [0.15, 0.2) is 36.4 Å². The van der Waals surface area contributed by atoms with Crippen molar-refractivity contribution in [1.29, 1.82) is 0 Å². The summed E-state index contributed by atoms with van der Waals surface area (Å²) in [4.78, 5) is 2.19. The Labute approximate surface area is 128 Å². The summed E-state index contributed by atoms with van der Waals surface area (Å²) in [6.07, 6.45) is 0. The van der Waals surface area contributed by atoms with Gasteiger partial charge in [0.25, 0.3) is 0 Å². The summed E-state index contributed by atoms with van der Waals surface area (Å²) in [6.45, 7) is 8.39. The molecule has 112 valence electrons. The van der Waals surface area contributed by atoms with Gasteiger partial charge in [-0.15, -0.1) is 0 Å². The molecule has 0 unspecified atom stereocenters. The Morgan fingerprint density at radius 2 is 1.62 bits per heavy atom. The zero-order valence-corrected chi connectivity index (χ0v) is 13.8. The molecule has 0 amide bonds. The Bertz CT molecular complexity index is 592. The summed E-state index contributed by atoms with van der Waals surface area (Å²) in [5, 5.41) is 3.56. The lowest BCUT2D eigenvalue weighted by Crippen LogP contribution is -2.11. The predicted octanol–water partition coefficient (Wildman–Crippen LogP) is 4.29. The number of aryl methyl sites for hydroxylation is 3. The second kappa shape index (κ2) is 6.77. The lowest BCUT2D eigenvalue weighted by atomic mass is 10.00. The minimum Gasteiger partial charge on any atom is -0.381 e. The molecule has 1 N–H and O–H groups in total. The summed E-state index contributed by atoms with van der Waals surface area (Å²) in [6, 6.07) is 13.2. The first-order chi connectivity index (χ1) is 9.95. The van der Waals surface area contributed by atoms with E-state index in [1.807, 2.05) is 0 Å². The molecule has 0 heterocycles. The molecular formula is C19H26N2. The molecule has 2 nitrogen and oxygen atoms in total. The molecule has 2 aromatic rings. The van der Waals surface area contributed by atoms with Crippen LogP contribution < -0.4 is 5.32 Å². The fourth-order valence-corrected chi connectivity index (χ4v) is 2.82. The van der Waals surface area contributed by atoms with Crippen molar-refractivity contribution in [3.8, 4) is 0 Å². The van der Waals surface area contributed by atoms with Crippen LogP contribution >= 0.6 is 0 Å². The van der Waals surface area contributed by atoms with Crippen LogP contribution in [0.4, 0.5) is 5.69 Å². The van der Waals surface area contributed by atoms with Crippen molar-refractivity contribution in [3.05, 3.63) is 64.2 Å². The molecule has 0 aliphatic rings. The van der Waals surface area contributed by atoms with Gasteiger partial charge in [-0.3, -0.25) is 0 Å². The molecule has 0 aliphatic carbocycles. The van der Waals surface area contributed by atoms with E-state index in [4.69, 9.17) is 0 Å². The second-order valence-corrected chi connectivity index (χ2v) is 6.17. The number of hydrogen-bond donors (Lipinski definition) is 1. The second-order valence-electron chi connectivity index (χ2n) is 6.17. The summed E-state index contributed by atoms with van der Waals surface area (Å²) < 4.78 is 0. The molecule has 2 heteroatoms. The maximum absolute atomic E-state index is 3.56. The first-order valence-corrected chi connectivity index (χ1v) is 7.50. The topological polar surface area (TPSA) is 15.3 Å². The van der Waals surface area contributed by atoms with E-state index >= 15 is 0 Å². The van der Waals surface area contributed by atoms with Crippen LogP contribution in [-0.2, 0) is 13.1 Å². The van der Waals surface area contributed by atoms with Gasteiger partial charge >= 0.3 is 0 Å². The highest BCUT2D eigenvalue weighted by atomic mass is 15.0. The lowest BCUT2D eigenvalue weighted by molar-refractivity contribution is 0.402. The third-order valence-corrected chi connectivity index (χ3v) is 3.74. The Balaban J connectivity index is 2.10. The van der Waals surface area contributed by atoms with Crippen LogP contribution in [0, 0.1) is 20.8 Å². The van der Waals surface area contributed by atoms with Gasteiger partial charge in [0.1, 0.15) is 0 Å². The summed E-state index contributed by atoms with van der Waals surface area (Å²) in [7, 11) is 4.19. The van der Waals surface area contributed by atoms with E-state index in [1.165, 1.54) is 33.5 Å². The van der Waals surface area contributed by atoms with Gasteiger partial charge in [-0.05, 0) is 69.3 Å². The van der Waals surface area contributed by atoms with Crippen LogP contribution in [0.2, 0.25) is 0 Å². The first-order valence-electron chi connectivity index (χ1n) is 7.50. The zero-order chi connectivity index (χ0) is 15.4. The van der Waals surface area contributed by atoms with Crippen LogP contribution in [0.5, 0.6) is 0 Å². The maximum Gasteiger partial charge on any atom is 0.0406 e. The number of benzene rings is 2. The smallest absolute Gasteiger partial charge is 0.0406 e. The predicted molar refractivity (Wildman–Crippen MR) is 91.8 cm³/mol. The minimum atomic E-state index is 0.878. The van der Waals surface area contributed by atoms with Gasteiger partial charge in [0.05, 0.1) is 0 Å². The molecule has 0 radical (unpaired) electrons. The third kappa shape index (κ3) is 4.33. The average Bonchev–Trinajstić information content (AvgIpc) is 2.37. The van der Waals surface area contributed by atoms with Gasteiger partial charge in [-0.25, -0.2) is 0 Å². The SMILES string of the molecule is Cc1cc(C)c(CNc2cccc(CN(C)C)c2)c(C)c1. The van der Waals surface area contributed by atoms with Gasteiger partial charge in [-0.1, -0.05) is 29.8 Å². The molecule has 0 saturated carbocycles. The van der Waals surface area contributed by atoms with Crippen LogP contribution in [-0.4, -0.2) is 19.0 Å². The molecule has 2 rings (SSSR count). The van der Waals surface area contributed by atoms with Crippen molar-refractivity contribution in [2.75, 3.05) is 19.4 Å². The molecule has 0 atom stereocenters. The molecule has 0 saturated heterocycles. The molecule has 0 spiro atoms. The summed E-state index contributed by atoms with van der Waals surface area (Å²) >= 11 is 0. The zero-order valence-electron chi connectivity index (χ0n) is 13.8. The van der Waals surface area contributed by atoms with E-state index in [9.17, 15) is 0 Å². The van der Waals surface area contributed by atoms with Gasteiger partial charge in [0.2, 0.25) is 0 Å². The number of anilines is 1. The molecule has 0 aliphatic heterocycles. The summed E-state index contributed by atoms with van der Waals surface area (Å²) in [5.74, 6) is 0. The van der Waals surface area contributed by atoms with E-state index in [0.29, 0.717) is 0 Å². The average molecular weight is 282 g/mol. The molecule has 21 heavy (non-hydrogen) atoms. The largest absolute Gasteiger partial charge is 0.381 e. The molecule has 0 fully saturated rings. The van der Waals surface area contributed by atoms with E-state index in [-0.39, 0.29) is 0 Å². The van der Waals surface area contributed by atoms with Crippen molar-refractivity contribution < 1.29 is 0 Å². The maximum atomic E-state index is 3.56. The normalized spacial score (nSPS) is 11.0. The summed E-state index contributed by atoms with van der Waals surface area (Å²) in [5.41, 5.74) is 7.99. The number of rotatable bonds is 5. The molecule has 2 aromatic carbocycles. The molecule has 0 bridgehead atoms. The van der Waals surface area contributed by atoms with Crippen molar-refractivity contribution in [2.45, 2.75) is 33.9 Å². The third-order valence-electron chi connectivity index (χ3n) is 3.74. The Hall–Kier alpha value is -1.80. The Kier molecular flexibility index (Phi) is 5.03. The van der Waals surface area contributed by atoms with Crippen LogP contribution in [0.25, 0.3) is 0 Å². The highest BCUT2D eigenvalue weighted by Crippen LogP contribution is 2.19. The standard InChI is InChI=1S/C19H26N2/c1-14-9-15(2)19(16(3)10-14)12-20-18-8-6-7-17(11-18)13-21(4)5/h6-11,20H,12-13H2,1-5H3. The van der Waals surface area contributed by atoms with Gasteiger partial charge < -0.3 is 10.2 Å². The fraction of sp³-hybridized carbons (Fsp3) is 0.368. The van der Waals surface area contributed by atoms with Crippen molar-refractivity contribution in [3.63, 3.8) is 0 Å². The van der Waals surface area contributed by atoms with Gasteiger partial charge in [0.15, 0.2) is 0 Å². The molecular weight excluding hydrogens is 256 g/mol. The van der Waals surface area contributed by atoms with E-state index < -0.39 is 0 Å². The van der Waals surface area contributed by atoms with E-state index in [0.717, 1.165) is 13.1 Å². The quantitative estimate of drug-likeness (QED) is 0.880. The van der Waals surface area contributed by atoms with Crippen molar-refractivity contribution in [2.24, 2.45) is 0 Å². The lowest BCUT2D eigenvalue weighted by Gasteiger charge is -2.15. The number of nitrogens with one attached hydrogen (secondary N) is 1. The number of nitrogens with zero attached hydrogens (tertiary/aromatic N) is 1.